The average molecular weight is 1440 g/mol. The largest absolute Gasteiger partial charge is 0.472 e. The fourth-order valence-corrected chi connectivity index (χ4v) is 13.7. The maximum absolute atomic E-state index is 13.1. The molecule has 6 atom stereocenters. The van der Waals surface area contributed by atoms with E-state index in [4.69, 9.17) is 37.0 Å². The number of esters is 4. The minimum atomic E-state index is -4.96. The van der Waals surface area contributed by atoms with E-state index in [2.05, 4.69) is 48.5 Å². The Hall–Kier alpha value is -1.94. The van der Waals surface area contributed by atoms with Crippen molar-refractivity contribution in [3.8, 4) is 0 Å². The van der Waals surface area contributed by atoms with Crippen LogP contribution in [0.2, 0.25) is 0 Å². The standard InChI is InChI=1S/C79H154O17P2/c1-8-10-11-12-13-14-15-16-17-18-19-20-21-22-25-29-32-35-38-48-55-62-78(83)95-74(66-89-76(81)60-53-46-37-34-31-28-26-23-24-27-30-33-36-43-50-57-70(3)4)68-93-97(85,86)91-64-73(80)65-92-98(87,88)94-69-75(67-90-77(82)61-54-47-41-39-44-51-58-71(5)6)96-79(84)63-56-49-42-40-45-52-59-72(7)9-2/h70-75,80H,8-69H2,1-7H3,(H,85,86)(H,87,88)/t72?,73-,74-,75-/m1/s1. The molecule has 0 amide bonds. The van der Waals surface area contributed by atoms with E-state index >= 15 is 0 Å². The van der Waals surface area contributed by atoms with Crippen LogP contribution >= 0.6 is 15.6 Å². The third-order valence-electron chi connectivity index (χ3n) is 18.7. The molecule has 0 radical (unpaired) electrons. The van der Waals surface area contributed by atoms with Gasteiger partial charge in [-0.3, -0.25) is 37.3 Å². The van der Waals surface area contributed by atoms with E-state index in [0.717, 1.165) is 108 Å². The number of carbonyl (C=O) groups excluding carboxylic acids is 4. The first kappa shape index (κ1) is 96.1. The number of aliphatic hydroxyl groups excluding tert-OH is 1. The van der Waals surface area contributed by atoms with Gasteiger partial charge in [0.2, 0.25) is 0 Å². The van der Waals surface area contributed by atoms with E-state index in [1.807, 2.05) is 0 Å². The van der Waals surface area contributed by atoms with Crippen molar-refractivity contribution in [2.75, 3.05) is 39.6 Å². The van der Waals surface area contributed by atoms with Crippen LogP contribution in [0.5, 0.6) is 0 Å². The summed E-state index contributed by atoms with van der Waals surface area (Å²) >= 11 is 0. The first-order valence-electron chi connectivity index (χ1n) is 40.9. The lowest BCUT2D eigenvalue weighted by molar-refractivity contribution is -0.161. The summed E-state index contributed by atoms with van der Waals surface area (Å²) in [4.78, 5) is 72.8. The van der Waals surface area contributed by atoms with Gasteiger partial charge in [-0.1, -0.05) is 357 Å². The lowest BCUT2D eigenvalue weighted by Crippen LogP contribution is -2.30. The fraction of sp³-hybridized carbons (Fsp3) is 0.949. The first-order chi connectivity index (χ1) is 47.3. The van der Waals surface area contributed by atoms with E-state index in [0.29, 0.717) is 31.6 Å². The molecule has 0 rings (SSSR count). The molecule has 0 aliphatic heterocycles. The summed E-state index contributed by atoms with van der Waals surface area (Å²) in [7, 11) is -9.91. The van der Waals surface area contributed by atoms with Crippen LogP contribution in [0.15, 0.2) is 0 Å². The van der Waals surface area contributed by atoms with Gasteiger partial charge in [0.15, 0.2) is 12.2 Å². The molecule has 0 aromatic heterocycles. The molecule has 0 saturated heterocycles. The highest BCUT2D eigenvalue weighted by molar-refractivity contribution is 7.47. The van der Waals surface area contributed by atoms with Gasteiger partial charge in [-0.25, -0.2) is 9.13 Å². The Morgan fingerprint density at radius 2 is 0.520 bits per heavy atom. The number of phosphoric ester groups is 2. The summed E-state index contributed by atoms with van der Waals surface area (Å²) in [5, 5.41) is 10.6. The monoisotopic (exact) mass is 1440 g/mol. The highest BCUT2D eigenvalue weighted by Gasteiger charge is 2.30. The van der Waals surface area contributed by atoms with Crippen molar-refractivity contribution < 1.29 is 80.2 Å². The lowest BCUT2D eigenvalue weighted by Gasteiger charge is -2.21. The predicted molar refractivity (Wildman–Crippen MR) is 400 cm³/mol. The number of rotatable bonds is 77. The third kappa shape index (κ3) is 71.1. The molecule has 0 fully saturated rings. The number of carbonyl (C=O) groups is 4. The zero-order chi connectivity index (χ0) is 72.3. The van der Waals surface area contributed by atoms with Crippen LogP contribution in [0.4, 0.5) is 0 Å². The molecule has 0 bridgehead atoms. The normalized spacial score (nSPS) is 14.3. The van der Waals surface area contributed by atoms with Gasteiger partial charge in [0.05, 0.1) is 26.4 Å². The smallest absolute Gasteiger partial charge is 0.462 e. The first-order valence-corrected chi connectivity index (χ1v) is 43.9. The van der Waals surface area contributed by atoms with Crippen LogP contribution in [0, 0.1) is 17.8 Å². The van der Waals surface area contributed by atoms with Gasteiger partial charge in [0, 0.05) is 25.7 Å². The van der Waals surface area contributed by atoms with E-state index in [-0.39, 0.29) is 25.7 Å². The maximum atomic E-state index is 13.1. The van der Waals surface area contributed by atoms with Crippen LogP contribution < -0.4 is 0 Å². The summed E-state index contributed by atoms with van der Waals surface area (Å²) in [6, 6.07) is 0. The molecule has 3 N–H and O–H groups in total. The van der Waals surface area contributed by atoms with Gasteiger partial charge in [0.25, 0.3) is 0 Å². The van der Waals surface area contributed by atoms with Crippen LogP contribution in [-0.2, 0) is 65.4 Å². The van der Waals surface area contributed by atoms with Gasteiger partial charge in [-0.15, -0.1) is 0 Å². The number of unbranched alkanes of at least 4 members (excludes halogenated alkanes) is 44. The van der Waals surface area contributed by atoms with E-state index in [1.165, 1.54) is 212 Å². The molecule has 0 saturated carbocycles. The third-order valence-corrected chi connectivity index (χ3v) is 20.6. The molecule has 0 aromatic carbocycles. The second-order valence-electron chi connectivity index (χ2n) is 29.6. The van der Waals surface area contributed by atoms with Gasteiger partial charge < -0.3 is 33.8 Å². The van der Waals surface area contributed by atoms with Gasteiger partial charge in [0.1, 0.15) is 19.3 Å². The Morgan fingerprint density at radius 1 is 0.296 bits per heavy atom. The quantitative estimate of drug-likeness (QED) is 0.0222. The Kier molecular flexibility index (Phi) is 68.1. The molecule has 3 unspecified atom stereocenters. The van der Waals surface area contributed by atoms with E-state index in [9.17, 15) is 43.2 Å². The molecule has 0 heterocycles. The number of hydrogen-bond acceptors (Lipinski definition) is 15. The van der Waals surface area contributed by atoms with Crippen LogP contribution in [-0.4, -0.2) is 96.7 Å². The van der Waals surface area contributed by atoms with Crippen molar-refractivity contribution in [3.63, 3.8) is 0 Å². The van der Waals surface area contributed by atoms with Gasteiger partial charge in [-0.2, -0.15) is 0 Å². The highest BCUT2D eigenvalue weighted by atomic mass is 31.2. The topological polar surface area (TPSA) is 237 Å². The molecule has 19 heteroatoms. The summed E-state index contributed by atoms with van der Waals surface area (Å²) in [6.07, 6.45) is 57.3. The molecule has 0 aliphatic rings. The van der Waals surface area contributed by atoms with Gasteiger partial charge in [-0.05, 0) is 43.4 Å². The van der Waals surface area contributed by atoms with Crippen molar-refractivity contribution in [2.45, 2.75) is 426 Å². The van der Waals surface area contributed by atoms with Crippen molar-refractivity contribution >= 4 is 39.5 Å². The Balaban J connectivity index is 5.19. The molecule has 0 aliphatic carbocycles. The summed E-state index contributed by atoms with van der Waals surface area (Å²) in [6.45, 7) is 11.8. The van der Waals surface area contributed by atoms with Crippen LogP contribution in [0.1, 0.15) is 408 Å². The molecule has 98 heavy (non-hydrogen) atoms. The summed E-state index contributed by atoms with van der Waals surface area (Å²) < 4.78 is 68.5. The average Bonchev–Trinajstić information content (AvgIpc) is 2.24. The molecular weight excluding hydrogens is 1280 g/mol. The molecule has 582 valence electrons. The Labute approximate surface area is 600 Å². The van der Waals surface area contributed by atoms with Crippen molar-refractivity contribution in [3.05, 3.63) is 0 Å². The second-order valence-corrected chi connectivity index (χ2v) is 32.6. The predicted octanol–water partition coefficient (Wildman–Crippen LogP) is 23.4. The van der Waals surface area contributed by atoms with Crippen LogP contribution in [0.25, 0.3) is 0 Å². The highest BCUT2D eigenvalue weighted by Crippen LogP contribution is 2.45. The molecule has 0 spiro atoms. The minimum absolute atomic E-state index is 0.102. The van der Waals surface area contributed by atoms with E-state index < -0.39 is 97.5 Å². The maximum Gasteiger partial charge on any atom is 0.472 e. The second kappa shape index (κ2) is 69.4. The summed E-state index contributed by atoms with van der Waals surface area (Å²) in [5.41, 5.74) is 0. The lowest BCUT2D eigenvalue weighted by atomic mass is 10.00. The Bertz CT molecular complexity index is 1910. The minimum Gasteiger partial charge on any atom is -0.462 e. The van der Waals surface area contributed by atoms with Crippen molar-refractivity contribution in [1.82, 2.24) is 0 Å². The summed E-state index contributed by atoms with van der Waals surface area (Å²) in [5.74, 6) is 0.0849. The molecular formula is C79H154O17P2. The molecule has 17 nitrogen and oxygen atoms in total. The number of phosphoric acid groups is 2. The zero-order valence-electron chi connectivity index (χ0n) is 64.3. The zero-order valence-corrected chi connectivity index (χ0v) is 66.0. The van der Waals surface area contributed by atoms with Crippen molar-refractivity contribution in [1.29, 1.82) is 0 Å². The Morgan fingerprint density at radius 3 is 0.776 bits per heavy atom. The molecule has 0 aromatic rings. The van der Waals surface area contributed by atoms with Crippen LogP contribution in [0.3, 0.4) is 0 Å². The number of hydrogen-bond donors (Lipinski definition) is 3. The number of aliphatic hydroxyl groups is 1. The van der Waals surface area contributed by atoms with Gasteiger partial charge >= 0.3 is 39.5 Å². The van der Waals surface area contributed by atoms with Crippen molar-refractivity contribution in [2.24, 2.45) is 17.8 Å². The number of ether oxygens (including phenoxy) is 4. The SMILES string of the molecule is CCCCCCCCCCCCCCCCCCCCCCCC(=O)O[C@H](COC(=O)CCCCCCCCCCCCCCCCCC(C)C)COP(=O)(O)OC[C@@H](O)COP(=O)(O)OC[C@@H](COC(=O)CCCCCCCCC(C)C)OC(=O)CCCCCCCCC(C)CC. The van der Waals surface area contributed by atoms with E-state index in [1.54, 1.807) is 0 Å². The fourth-order valence-electron chi connectivity index (χ4n) is 12.1.